The molecule has 1 aliphatic carbocycles. The quantitative estimate of drug-likeness (QED) is 0.709. The second kappa shape index (κ2) is 3.31. The molecule has 1 unspecified atom stereocenters. The molecule has 86 valence electrons. The highest BCUT2D eigenvalue weighted by Gasteiger charge is 2.61. The molecule has 0 aromatic heterocycles. The lowest BCUT2D eigenvalue weighted by molar-refractivity contribution is -0.180. The van der Waals surface area contributed by atoms with Gasteiger partial charge in [0, 0.05) is 17.4 Å². The van der Waals surface area contributed by atoms with Gasteiger partial charge >= 0.3 is 0 Å². The summed E-state index contributed by atoms with van der Waals surface area (Å²) >= 11 is 4.23. The van der Waals surface area contributed by atoms with E-state index in [4.69, 9.17) is 4.74 Å². The van der Waals surface area contributed by atoms with Crippen LogP contribution in [0.3, 0.4) is 0 Å². The Morgan fingerprint density at radius 3 is 2.60 bits per heavy atom. The van der Waals surface area contributed by atoms with Crippen LogP contribution in [0.25, 0.3) is 0 Å². The molecule has 3 fully saturated rings. The zero-order valence-corrected chi connectivity index (χ0v) is 10.9. The third kappa shape index (κ3) is 1.41. The molecule has 15 heavy (non-hydrogen) atoms. The Kier molecular flexibility index (Phi) is 2.37. The molecule has 3 rings (SSSR count). The number of thioether (sulfide) groups is 2. The van der Waals surface area contributed by atoms with Gasteiger partial charge in [0.25, 0.3) is 0 Å². The van der Waals surface area contributed by atoms with Gasteiger partial charge in [0.2, 0.25) is 0 Å². The van der Waals surface area contributed by atoms with Crippen molar-refractivity contribution in [3.8, 4) is 0 Å². The number of fused-ring (bicyclic) bond motifs is 1. The molecule has 0 aromatic carbocycles. The molecule has 4 heteroatoms. The van der Waals surface area contributed by atoms with E-state index in [0.29, 0.717) is 21.8 Å². The average molecular weight is 246 g/mol. The first-order valence-corrected chi connectivity index (χ1v) is 7.66. The van der Waals surface area contributed by atoms with Crippen molar-refractivity contribution in [3.63, 3.8) is 0 Å². The van der Waals surface area contributed by atoms with Crippen LogP contribution in [0.2, 0.25) is 0 Å². The minimum Gasteiger partial charge on any atom is -0.365 e. The molecule has 2 saturated heterocycles. The van der Waals surface area contributed by atoms with Gasteiger partial charge in [0.05, 0.1) is 10.7 Å². The Morgan fingerprint density at radius 1 is 1.33 bits per heavy atom. The molecular weight excluding hydrogens is 228 g/mol. The molecule has 1 N–H and O–H groups in total. The van der Waals surface area contributed by atoms with Gasteiger partial charge in [0.15, 0.2) is 5.79 Å². The Balaban J connectivity index is 1.89. The van der Waals surface area contributed by atoms with Crippen LogP contribution in [-0.4, -0.2) is 33.1 Å². The van der Waals surface area contributed by atoms with Crippen molar-refractivity contribution in [3.05, 3.63) is 0 Å². The molecule has 4 atom stereocenters. The zero-order valence-electron chi connectivity index (χ0n) is 9.23. The maximum atomic E-state index is 10.2. The van der Waals surface area contributed by atoms with Crippen LogP contribution in [0, 0.1) is 17.8 Å². The van der Waals surface area contributed by atoms with E-state index in [1.165, 1.54) is 11.5 Å². The van der Waals surface area contributed by atoms with Gasteiger partial charge in [-0.1, -0.05) is 6.92 Å². The highest BCUT2D eigenvalue weighted by molar-refractivity contribution is 8.21. The van der Waals surface area contributed by atoms with Crippen LogP contribution in [0.15, 0.2) is 0 Å². The highest BCUT2D eigenvalue weighted by Crippen LogP contribution is 2.64. The van der Waals surface area contributed by atoms with Crippen molar-refractivity contribution in [2.75, 3.05) is 18.1 Å². The van der Waals surface area contributed by atoms with E-state index >= 15 is 0 Å². The van der Waals surface area contributed by atoms with E-state index in [2.05, 4.69) is 30.4 Å². The van der Waals surface area contributed by atoms with Gasteiger partial charge in [-0.15, -0.1) is 23.5 Å². The van der Waals surface area contributed by atoms with E-state index in [9.17, 15) is 5.11 Å². The van der Waals surface area contributed by atoms with Crippen LogP contribution in [0.5, 0.6) is 0 Å². The first kappa shape index (κ1) is 10.8. The average Bonchev–Trinajstić information content (AvgIpc) is 2.81. The number of hydrogen-bond acceptors (Lipinski definition) is 4. The van der Waals surface area contributed by atoms with Gasteiger partial charge in [-0.25, -0.2) is 0 Å². The normalized spacial score (nSPS) is 52.6. The summed E-state index contributed by atoms with van der Waals surface area (Å²) in [6, 6.07) is 0. The molecule has 0 radical (unpaired) electrons. The molecular formula is C11H18O2S2. The van der Waals surface area contributed by atoms with Crippen molar-refractivity contribution in [1.82, 2.24) is 0 Å². The highest BCUT2D eigenvalue weighted by atomic mass is 32.2. The smallest absolute Gasteiger partial charge is 0.165 e. The summed E-state index contributed by atoms with van der Waals surface area (Å²) in [7, 11) is 0. The Bertz CT molecular complexity index is 274. The number of hydrogen-bond donors (Lipinski definition) is 1. The van der Waals surface area contributed by atoms with Crippen LogP contribution in [0.4, 0.5) is 0 Å². The topological polar surface area (TPSA) is 29.5 Å². The maximum Gasteiger partial charge on any atom is 0.165 e. The maximum absolute atomic E-state index is 10.2. The number of rotatable bonds is 0. The van der Waals surface area contributed by atoms with E-state index in [1.807, 2.05) is 6.92 Å². The van der Waals surface area contributed by atoms with Crippen molar-refractivity contribution in [2.45, 2.75) is 30.1 Å². The van der Waals surface area contributed by atoms with E-state index in [0.717, 1.165) is 13.0 Å². The lowest BCUT2D eigenvalue weighted by Crippen LogP contribution is -2.32. The second-order valence-electron chi connectivity index (χ2n) is 5.14. The fourth-order valence-electron chi connectivity index (χ4n) is 3.39. The van der Waals surface area contributed by atoms with E-state index in [-0.39, 0.29) is 0 Å². The Hall–Kier alpha value is 0.620. The number of aliphatic hydroxyl groups is 1. The summed E-state index contributed by atoms with van der Waals surface area (Å²) in [6.07, 6.45) is 1.13. The van der Waals surface area contributed by atoms with Crippen LogP contribution < -0.4 is 0 Å². The molecule has 2 heterocycles. The van der Waals surface area contributed by atoms with Gasteiger partial charge < -0.3 is 9.84 Å². The molecule has 2 aliphatic heterocycles. The number of ether oxygens (including phenoxy) is 1. The predicted molar refractivity (Wildman–Crippen MR) is 65.0 cm³/mol. The monoisotopic (exact) mass is 246 g/mol. The second-order valence-corrected chi connectivity index (χ2v) is 8.25. The van der Waals surface area contributed by atoms with E-state index in [1.54, 1.807) is 0 Å². The first-order chi connectivity index (χ1) is 7.05. The summed E-state index contributed by atoms with van der Waals surface area (Å²) in [4.78, 5) is 0. The molecule has 1 saturated carbocycles. The summed E-state index contributed by atoms with van der Waals surface area (Å²) in [5.74, 6) is 3.28. The lowest BCUT2D eigenvalue weighted by Gasteiger charge is -2.30. The van der Waals surface area contributed by atoms with Gasteiger partial charge in [0.1, 0.15) is 0 Å². The Labute approximate surface area is 99.5 Å². The molecule has 3 aliphatic rings. The van der Waals surface area contributed by atoms with Crippen LogP contribution >= 0.6 is 23.5 Å². The molecule has 1 spiro atoms. The largest absolute Gasteiger partial charge is 0.365 e. The van der Waals surface area contributed by atoms with Crippen molar-refractivity contribution >= 4 is 23.5 Å². The lowest BCUT2D eigenvalue weighted by atomic mass is 9.89. The fraction of sp³-hybridized carbons (Fsp3) is 1.00. The molecule has 0 bridgehead atoms. The van der Waals surface area contributed by atoms with Crippen molar-refractivity contribution in [2.24, 2.45) is 17.8 Å². The molecule has 0 aromatic rings. The van der Waals surface area contributed by atoms with Crippen LogP contribution in [0.1, 0.15) is 20.3 Å². The summed E-state index contributed by atoms with van der Waals surface area (Å²) in [5.41, 5.74) is 0. The van der Waals surface area contributed by atoms with Crippen molar-refractivity contribution in [1.29, 1.82) is 0 Å². The Morgan fingerprint density at radius 2 is 2.00 bits per heavy atom. The minimum atomic E-state index is -0.869. The molecule has 2 nitrogen and oxygen atoms in total. The molecule has 0 amide bonds. The standard InChI is InChI=1S/C11H18O2S2/c1-7-8-6-13-10(2,12)9(8)5-11(7)14-3-4-15-11/h7-9,12H,3-6H2,1-2H3/t7-,8-,9+,10?/m0/s1. The van der Waals surface area contributed by atoms with Crippen molar-refractivity contribution < 1.29 is 9.84 Å². The summed E-state index contributed by atoms with van der Waals surface area (Å²) in [5, 5.41) is 10.2. The van der Waals surface area contributed by atoms with Gasteiger partial charge in [-0.3, -0.25) is 0 Å². The predicted octanol–water partition coefficient (Wildman–Crippen LogP) is 2.17. The van der Waals surface area contributed by atoms with Gasteiger partial charge in [-0.05, 0) is 25.2 Å². The SMILES string of the molecule is C[C@H]1[C@@H]2COC(C)(O)[C@@H]2CC12SCCS2. The van der Waals surface area contributed by atoms with Crippen LogP contribution in [-0.2, 0) is 4.74 Å². The summed E-state index contributed by atoms with van der Waals surface area (Å²) < 4.78 is 5.91. The van der Waals surface area contributed by atoms with Gasteiger partial charge in [-0.2, -0.15) is 0 Å². The third-order valence-corrected chi connectivity index (χ3v) is 8.23. The third-order valence-electron chi connectivity index (χ3n) is 4.39. The zero-order chi connectivity index (χ0) is 10.7. The first-order valence-electron chi connectivity index (χ1n) is 5.69. The summed E-state index contributed by atoms with van der Waals surface area (Å²) in [6.45, 7) is 4.94. The van der Waals surface area contributed by atoms with E-state index < -0.39 is 5.79 Å². The minimum absolute atomic E-state index is 0.352. The fourth-order valence-corrected chi connectivity index (χ4v) is 7.05.